The number of benzene rings is 3. The topological polar surface area (TPSA) is 79.6 Å². The van der Waals surface area contributed by atoms with Gasteiger partial charge in [-0.25, -0.2) is 0 Å². The molecule has 0 atom stereocenters. The maximum atomic E-state index is 13.0. The third-order valence-corrected chi connectivity index (χ3v) is 6.90. The lowest BCUT2D eigenvalue weighted by Gasteiger charge is -2.14. The molecular weight excluding hydrogens is 552 g/mol. The van der Waals surface area contributed by atoms with Gasteiger partial charge in [-0.15, -0.1) is 0 Å². The van der Waals surface area contributed by atoms with Crippen molar-refractivity contribution >= 4 is 56.5 Å². The molecule has 6 nitrogen and oxygen atoms in total. The van der Waals surface area contributed by atoms with E-state index < -0.39 is 11.1 Å². The van der Waals surface area contributed by atoms with Gasteiger partial charge < -0.3 is 9.47 Å². The SMILES string of the molecule is COc1cc(/C=C2/SC(=O)N(Cc3ccccc3C#N)C2=O)cc(Cl)c1OCc1ccc(Br)cc1. The van der Waals surface area contributed by atoms with Gasteiger partial charge >= 0.3 is 0 Å². The maximum absolute atomic E-state index is 13.0. The minimum absolute atomic E-state index is 0.0264. The van der Waals surface area contributed by atoms with Gasteiger partial charge in [0, 0.05) is 4.47 Å². The zero-order valence-electron chi connectivity index (χ0n) is 18.5. The molecule has 2 amide bonds. The first-order valence-electron chi connectivity index (χ1n) is 10.4. The Morgan fingerprint density at radius 1 is 1.14 bits per heavy atom. The number of nitriles is 1. The van der Waals surface area contributed by atoms with E-state index in [-0.39, 0.29) is 11.4 Å². The van der Waals surface area contributed by atoms with E-state index in [4.69, 9.17) is 21.1 Å². The van der Waals surface area contributed by atoms with E-state index >= 15 is 0 Å². The van der Waals surface area contributed by atoms with Crippen molar-refractivity contribution in [3.8, 4) is 17.6 Å². The molecule has 1 aliphatic heterocycles. The third kappa shape index (κ3) is 5.70. The van der Waals surface area contributed by atoms with E-state index in [1.54, 1.807) is 42.5 Å². The summed E-state index contributed by atoms with van der Waals surface area (Å²) < 4.78 is 12.3. The molecule has 1 aliphatic rings. The predicted octanol–water partition coefficient (Wildman–Crippen LogP) is 6.80. The molecule has 176 valence electrons. The second-order valence-corrected chi connectivity index (χ2v) is 9.80. The summed E-state index contributed by atoms with van der Waals surface area (Å²) in [6, 6.07) is 20.0. The normalized spacial score (nSPS) is 14.3. The fraction of sp³-hybridized carbons (Fsp3) is 0.115. The molecule has 0 saturated carbocycles. The first-order chi connectivity index (χ1) is 16.9. The monoisotopic (exact) mass is 568 g/mol. The van der Waals surface area contributed by atoms with Gasteiger partial charge in [0.2, 0.25) is 0 Å². The van der Waals surface area contributed by atoms with Gasteiger partial charge in [-0.1, -0.05) is 57.9 Å². The van der Waals surface area contributed by atoms with Gasteiger partial charge in [-0.2, -0.15) is 5.26 Å². The molecule has 0 N–H and O–H groups in total. The van der Waals surface area contributed by atoms with Crippen LogP contribution in [0.15, 0.2) is 70.0 Å². The highest BCUT2D eigenvalue weighted by atomic mass is 79.9. The number of hydrogen-bond donors (Lipinski definition) is 0. The summed E-state index contributed by atoms with van der Waals surface area (Å²) >= 11 is 10.7. The zero-order valence-corrected chi connectivity index (χ0v) is 21.6. The molecule has 0 bridgehead atoms. The number of thioether (sulfide) groups is 1. The Labute approximate surface area is 220 Å². The molecule has 0 aromatic heterocycles. The summed E-state index contributed by atoms with van der Waals surface area (Å²) in [6.45, 7) is 0.324. The second-order valence-electron chi connectivity index (χ2n) is 7.49. The molecule has 0 unspecified atom stereocenters. The molecule has 9 heteroatoms. The van der Waals surface area contributed by atoms with Crippen molar-refractivity contribution in [3.63, 3.8) is 0 Å². The third-order valence-electron chi connectivity index (χ3n) is 5.19. The number of halogens is 2. The predicted molar refractivity (Wildman–Crippen MR) is 139 cm³/mol. The lowest BCUT2D eigenvalue weighted by molar-refractivity contribution is -0.123. The molecule has 0 radical (unpaired) electrons. The number of nitrogens with zero attached hydrogens (tertiary/aromatic N) is 2. The quantitative estimate of drug-likeness (QED) is 0.291. The van der Waals surface area contributed by atoms with Gasteiger partial charge in [0.05, 0.1) is 35.2 Å². The molecule has 1 fully saturated rings. The lowest BCUT2D eigenvalue weighted by atomic mass is 10.1. The standard InChI is InChI=1S/C26H18BrClN2O4S/c1-33-22-11-17(10-21(28)24(22)34-15-16-6-8-20(27)9-7-16)12-23-25(31)30(26(32)35-23)14-19-5-3-2-4-18(19)13-29/h2-12H,14-15H2,1H3/b23-12+. The molecule has 0 aliphatic carbocycles. The largest absolute Gasteiger partial charge is 0.493 e. The molecule has 3 aromatic rings. The van der Waals surface area contributed by atoms with Gasteiger partial charge in [0.25, 0.3) is 11.1 Å². The van der Waals surface area contributed by atoms with Crippen LogP contribution in [0, 0.1) is 11.3 Å². The Kier molecular flexibility index (Phi) is 7.81. The molecule has 1 heterocycles. The molecule has 1 saturated heterocycles. The minimum atomic E-state index is -0.432. The molecular formula is C26H18BrClN2O4S. The smallest absolute Gasteiger partial charge is 0.293 e. The average molecular weight is 570 g/mol. The maximum Gasteiger partial charge on any atom is 0.293 e. The molecule has 4 rings (SSSR count). The van der Waals surface area contributed by atoms with E-state index in [0.29, 0.717) is 39.8 Å². The first-order valence-corrected chi connectivity index (χ1v) is 12.4. The van der Waals surface area contributed by atoms with Crippen LogP contribution in [0.1, 0.15) is 22.3 Å². The van der Waals surface area contributed by atoms with Crippen molar-refractivity contribution in [2.24, 2.45) is 0 Å². The minimum Gasteiger partial charge on any atom is -0.493 e. The number of methoxy groups -OCH3 is 1. The summed E-state index contributed by atoms with van der Waals surface area (Å²) in [4.78, 5) is 26.9. The highest BCUT2D eigenvalue weighted by molar-refractivity contribution is 9.10. The first kappa shape index (κ1) is 24.9. The Morgan fingerprint density at radius 3 is 2.60 bits per heavy atom. The van der Waals surface area contributed by atoms with Gasteiger partial charge in [-0.05, 0) is 64.9 Å². The summed E-state index contributed by atoms with van der Waals surface area (Å²) in [6.07, 6.45) is 1.59. The fourth-order valence-electron chi connectivity index (χ4n) is 3.42. The van der Waals surface area contributed by atoms with Crippen LogP contribution in [0.2, 0.25) is 5.02 Å². The summed E-state index contributed by atoms with van der Waals surface area (Å²) in [5.74, 6) is 0.358. The van der Waals surface area contributed by atoms with E-state index in [1.807, 2.05) is 24.3 Å². The molecule has 0 spiro atoms. The molecule has 35 heavy (non-hydrogen) atoms. The Bertz CT molecular complexity index is 1370. The van der Waals surface area contributed by atoms with Crippen LogP contribution in [0.25, 0.3) is 6.08 Å². The van der Waals surface area contributed by atoms with Gasteiger partial charge in [-0.3, -0.25) is 14.5 Å². The lowest BCUT2D eigenvalue weighted by Crippen LogP contribution is -2.27. The van der Waals surface area contributed by atoms with Gasteiger partial charge in [0.15, 0.2) is 11.5 Å². The number of rotatable bonds is 7. The van der Waals surface area contributed by atoms with Crippen molar-refractivity contribution in [2.45, 2.75) is 13.2 Å². The Hall–Kier alpha value is -3.25. The number of ether oxygens (including phenoxy) is 2. The fourth-order valence-corrected chi connectivity index (χ4v) is 4.80. The van der Waals surface area contributed by atoms with Crippen molar-refractivity contribution in [1.82, 2.24) is 4.90 Å². The van der Waals surface area contributed by atoms with E-state index in [2.05, 4.69) is 22.0 Å². The highest BCUT2D eigenvalue weighted by Crippen LogP contribution is 2.39. The van der Waals surface area contributed by atoms with Crippen molar-refractivity contribution < 1.29 is 19.1 Å². The van der Waals surface area contributed by atoms with Crippen LogP contribution in [-0.2, 0) is 17.9 Å². The number of amides is 2. The number of carbonyl (C=O) groups is 2. The zero-order chi connectivity index (χ0) is 24.9. The Balaban J connectivity index is 1.54. The number of imide groups is 1. The van der Waals surface area contributed by atoms with Crippen LogP contribution in [0.4, 0.5) is 4.79 Å². The highest BCUT2D eigenvalue weighted by Gasteiger charge is 2.35. The number of hydrogen-bond acceptors (Lipinski definition) is 6. The van der Waals surface area contributed by atoms with Crippen LogP contribution in [0.3, 0.4) is 0 Å². The number of carbonyl (C=O) groups excluding carboxylic acids is 2. The Morgan fingerprint density at radius 2 is 1.89 bits per heavy atom. The van der Waals surface area contributed by atoms with Crippen molar-refractivity contribution in [1.29, 1.82) is 5.26 Å². The van der Waals surface area contributed by atoms with Crippen LogP contribution in [-0.4, -0.2) is 23.2 Å². The summed E-state index contributed by atoms with van der Waals surface area (Å²) in [5, 5.41) is 9.20. The summed E-state index contributed by atoms with van der Waals surface area (Å²) in [5.41, 5.74) is 2.58. The van der Waals surface area contributed by atoms with E-state index in [0.717, 1.165) is 26.7 Å². The van der Waals surface area contributed by atoms with Gasteiger partial charge in [0.1, 0.15) is 6.61 Å². The second kappa shape index (κ2) is 11.0. The van der Waals surface area contributed by atoms with Crippen molar-refractivity contribution in [3.05, 3.63) is 97.3 Å². The van der Waals surface area contributed by atoms with E-state index in [9.17, 15) is 14.9 Å². The summed E-state index contributed by atoms with van der Waals surface area (Å²) in [7, 11) is 1.50. The van der Waals surface area contributed by atoms with Crippen molar-refractivity contribution in [2.75, 3.05) is 7.11 Å². The average Bonchev–Trinajstić information content (AvgIpc) is 3.11. The van der Waals surface area contributed by atoms with Crippen LogP contribution in [0.5, 0.6) is 11.5 Å². The van der Waals surface area contributed by atoms with Crippen LogP contribution >= 0.6 is 39.3 Å². The molecule has 3 aromatic carbocycles. The van der Waals surface area contributed by atoms with Crippen LogP contribution < -0.4 is 9.47 Å². The van der Waals surface area contributed by atoms with E-state index in [1.165, 1.54) is 7.11 Å².